The molecule has 3 heterocycles. The molecule has 2 aromatic rings. The number of hydrogen-bond acceptors (Lipinski definition) is 4. The Balaban J connectivity index is 1.68. The summed E-state index contributed by atoms with van der Waals surface area (Å²) in [7, 11) is 2.05. The third-order valence-electron chi connectivity index (χ3n) is 3.92. The number of hydrogen-bond donors (Lipinski definition) is 2. The number of urea groups is 1. The van der Waals surface area contributed by atoms with Gasteiger partial charge in [-0.25, -0.2) is 9.78 Å². The number of likely N-dealkylation sites (N-methyl/N-ethyl adjacent to an activating group) is 1. The van der Waals surface area contributed by atoms with Crippen LogP contribution in [-0.2, 0) is 0 Å². The van der Waals surface area contributed by atoms with Gasteiger partial charge in [0.05, 0.1) is 6.04 Å². The molecule has 1 atom stereocenters. The molecule has 7 nitrogen and oxygen atoms in total. The summed E-state index contributed by atoms with van der Waals surface area (Å²) in [6.07, 6.45) is 5.24. The second kappa shape index (κ2) is 6.15. The van der Waals surface area contributed by atoms with Gasteiger partial charge in [-0.05, 0) is 26.1 Å². The zero-order chi connectivity index (χ0) is 15.5. The lowest BCUT2D eigenvalue weighted by Crippen LogP contribution is -2.50. The Bertz CT molecular complexity index is 641. The van der Waals surface area contributed by atoms with Gasteiger partial charge in [0.15, 0.2) is 0 Å². The van der Waals surface area contributed by atoms with E-state index in [1.807, 2.05) is 24.1 Å². The Kier molecular flexibility index (Phi) is 4.06. The molecule has 0 aliphatic carbocycles. The quantitative estimate of drug-likeness (QED) is 0.884. The summed E-state index contributed by atoms with van der Waals surface area (Å²) in [4.78, 5) is 28.1. The zero-order valence-electron chi connectivity index (χ0n) is 12.8. The van der Waals surface area contributed by atoms with Crippen molar-refractivity contribution < 1.29 is 4.79 Å². The zero-order valence-corrected chi connectivity index (χ0v) is 12.8. The molecule has 2 aromatic heterocycles. The molecule has 0 bridgehead atoms. The summed E-state index contributed by atoms with van der Waals surface area (Å²) >= 11 is 0. The SMILES string of the molecule is Cc1cc(NC(=O)N2CCN(C)C(c3ncc[nH]3)C2)ccn1. The van der Waals surface area contributed by atoms with Gasteiger partial charge in [0.25, 0.3) is 0 Å². The maximum Gasteiger partial charge on any atom is 0.321 e. The lowest BCUT2D eigenvalue weighted by atomic mass is 10.1. The van der Waals surface area contributed by atoms with Crippen LogP contribution in [0.25, 0.3) is 0 Å². The van der Waals surface area contributed by atoms with Crippen LogP contribution < -0.4 is 5.32 Å². The number of rotatable bonds is 2. The fourth-order valence-electron chi connectivity index (χ4n) is 2.64. The molecule has 0 saturated carbocycles. The Morgan fingerprint density at radius 2 is 2.23 bits per heavy atom. The van der Waals surface area contributed by atoms with Crippen LogP contribution in [0.3, 0.4) is 0 Å². The Morgan fingerprint density at radius 1 is 1.36 bits per heavy atom. The van der Waals surface area contributed by atoms with Crippen molar-refractivity contribution in [1.82, 2.24) is 24.8 Å². The number of piperazine rings is 1. The van der Waals surface area contributed by atoms with Crippen LogP contribution in [0.5, 0.6) is 0 Å². The first-order chi connectivity index (χ1) is 10.6. The lowest BCUT2D eigenvalue weighted by molar-refractivity contribution is 0.112. The van der Waals surface area contributed by atoms with Gasteiger partial charge in [-0.1, -0.05) is 0 Å². The Labute approximate surface area is 129 Å². The van der Waals surface area contributed by atoms with Crippen LogP contribution in [0, 0.1) is 6.92 Å². The van der Waals surface area contributed by atoms with Crippen molar-refractivity contribution in [3.05, 3.63) is 42.2 Å². The number of pyridine rings is 1. The van der Waals surface area contributed by atoms with Gasteiger partial charge in [-0.3, -0.25) is 9.88 Å². The molecule has 3 rings (SSSR count). The van der Waals surface area contributed by atoms with Gasteiger partial charge in [0, 0.05) is 49.6 Å². The van der Waals surface area contributed by atoms with Crippen LogP contribution >= 0.6 is 0 Å². The number of nitrogens with zero attached hydrogens (tertiary/aromatic N) is 4. The van der Waals surface area contributed by atoms with Crippen LogP contribution in [0.4, 0.5) is 10.5 Å². The second-order valence-corrected chi connectivity index (χ2v) is 5.53. The third-order valence-corrected chi connectivity index (χ3v) is 3.92. The normalized spacial score (nSPS) is 19.2. The lowest BCUT2D eigenvalue weighted by Gasteiger charge is -2.38. The molecule has 0 spiro atoms. The van der Waals surface area contributed by atoms with E-state index >= 15 is 0 Å². The van der Waals surface area contributed by atoms with E-state index in [-0.39, 0.29) is 12.1 Å². The van der Waals surface area contributed by atoms with E-state index in [9.17, 15) is 4.79 Å². The van der Waals surface area contributed by atoms with E-state index in [0.717, 1.165) is 23.8 Å². The van der Waals surface area contributed by atoms with Gasteiger partial charge in [-0.2, -0.15) is 0 Å². The van der Waals surface area contributed by atoms with Crippen molar-refractivity contribution in [1.29, 1.82) is 0 Å². The molecule has 0 radical (unpaired) electrons. The number of imidazole rings is 1. The molecular weight excluding hydrogens is 280 g/mol. The highest BCUT2D eigenvalue weighted by molar-refractivity contribution is 5.89. The number of aromatic amines is 1. The standard InChI is InChI=1S/C15H20N6O/c1-11-9-12(3-4-16-11)19-15(22)21-8-7-20(2)13(10-21)14-17-5-6-18-14/h3-6,9,13H,7-8,10H2,1-2H3,(H,17,18)(H,16,19,22). The third kappa shape index (κ3) is 3.09. The first kappa shape index (κ1) is 14.5. The Morgan fingerprint density at radius 3 is 2.95 bits per heavy atom. The summed E-state index contributed by atoms with van der Waals surface area (Å²) in [5.74, 6) is 0.889. The number of anilines is 1. The van der Waals surface area contributed by atoms with Crippen molar-refractivity contribution in [2.24, 2.45) is 0 Å². The highest BCUT2D eigenvalue weighted by atomic mass is 16.2. The highest BCUT2D eigenvalue weighted by Gasteiger charge is 2.29. The first-order valence-corrected chi connectivity index (χ1v) is 7.31. The fraction of sp³-hybridized carbons (Fsp3) is 0.400. The molecule has 1 aliphatic rings. The predicted molar refractivity (Wildman–Crippen MR) is 83.5 cm³/mol. The van der Waals surface area contributed by atoms with Crippen LogP contribution in [0.1, 0.15) is 17.6 Å². The fourth-order valence-corrected chi connectivity index (χ4v) is 2.64. The number of nitrogens with one attached hydrogen (secondary N) is 2. The minimum atomic E-state index is -0.0877. The van der Waals surface area contributed by atoms with E-state index in [2.05, 4.69) is 32.2 Å². The predicted octanol–water partition coefficient (Wildman–Crippen LogP) is 1.63. The summed E-state index contributed by atoms with van der Waals surface area (Å²) < 4.78 is 0. The summed E-state index contributed by atoms with van der Waals surface area (Å²) in [5.41, 5.74) is 1.65. The van der Waals surface area contributed by atoms with Crippen LogP contribution in [0.2, 0.25) is 0 Å². The molecular formula is C15H20N6O. The van der Waals surface area contributed by atoms with E-state index < -0.39 is 0 Å². The molecule has 2 amide bonds. The van der Waals surface area contributed by atoms with Crippen molar-refractivity contribution in [2.75, 3.05) is 32.0 Å². The van der Waals surface area contributed by atoms with Crippen molar-refractivity contribution in [2.45, 2.75) is 13.0 Å². The molecule has 7 heteroatoms. The van der Waals surface area contributed by atoms with Crippen molar-refractivity contribution in [3.8, 4) is 0 Å². The van der Waals surface area contributed by atoms with E-state index in [0.29, 0.717) is 13.1 Å². The van der Waals surface area contributed by atoms with Crippen molar-refractivity contribution >= 4 is 11.7 Å². The second-order valence-electron chi connectivity index (χ2n) is 5.53. The average Bonchev–Trinajstić information content (AvgIpc) is 3.01. The summed E-state index contributed by atoms with van der Waals surface area (Å²) in [6.45, 7) is 4.02. The molecule has 0 aromatic carbocycles. The van der Waals surface area contributed by atoms with Gasteiger partial charge in [-0.15, -0.1) is 0 Å². The summed E-state index contributed by atoms with van der Waals surface area (Å²) in [6, 6.07) is 3.66. The molecule has 1 aliphatic heterocycles. The van der Waals surface area contributed by atoms with E-state index in [4.69, 9.17) is 0 Å². The van der Waals surface area contributed by atoms with Gasteiger partial charge in [0.2, 0.25) is 0 Å². The largest absolute Gasteiger partial charge is 0.347 e. The van der Waals surface area contributed by atoms with Gasteiger partial charge in [0.1, 0.15) is 5.82 Å². The van der Waals surface area contributed by atoms with E-state index in [1.165, 1.54) is 0 Å². The molecule has 2 N–H and O–H groups in total. The molecule has 116 valence electrons. The maximum atomic E-state index is 12.4. The number of carbonyl (C=O) groups is 1. The number of carbonyl (C=O) groups excluding carboxylic acids is 1. The monoisotopic (exact) mass is 300 g/mol. The molecule has 22 heavy (non-hydrogen) atoms. The van der Waals surface area contributed by atoms with Crippen LogP contribution in [-0.4, -0.2) is 57.5 Å². The number of H-pyrrole nitrogens is 1. The topological polar surface area (TPSA) is 77.2 Å². The van der Waals surface area contributed by atoms with Crippen LogP contribution in [0.15, 0.2) is 30.7 Å². The highest BCUT2D eigenvalue weighted by Crippen LogP contribution is 2.21. The van der Waals surface area contributed by atoms with Gasteiger partial charge >= 0.3 is 6.03 Å². The molecule has 1 unspecified atom stereocenters. The van der Waals surface area contributed by atoms with Gasteiger partial charge < -0.3 is 15.2 Å². The molecule has 1 fully saturated rings. The number of amides is 2. The van der Waals surface area contributed by atoms with E-state index in [1.54, 1.807) is 18.5 Å². The first-order valence-electron chi connectivity index (χ1n) is 7.31. The summed E-state index contributed by atoms with van der Waals surface area (Å²) in [5, 5.41) is 2.93. The Hall–Kier alpha value is -2.41. The number of aromatic nitrogens is 3. The minimum Gasteiger partial charge on any atom is -0.347 e. The number of aryl methyl sites for hydroxylation is 1. The maximum absolute atomic E-state index is 12.4. The molecule has 1 saturated heterocycles. The average molecular weight is 300 g/mol. The van der Waals surface area contributed by atoms with Crippen molar-refractivity contribution in [3.63, 3.8) is 0 Å². The smallest absolute Gasteiger partial charge is 0.321 e. The minimum absolute atomic E-state index is 0.0877.